The lowest BCUT2D eigenvalue weighted by molar-refractivity contribution is -0.126. The minimum Gasteiger partial charge on any atom is -0.352 e. The average Bonchev–Trinajstić information content (AvgIpc) is 3.37. The molecule has 30 heavy (non-hydrogen) atoms. The molecule has 3 fully saturated rings. The van der Waals surface area contributed by atoms with Gasteiger partial charge in [0.25, 0.3) is 0 Å². The molecule has 5 atom stereocenters. The van der Waals surface area contributed by atoms with Gasteiger partial charge in [0.05, 0.1) is 4.90 Å². The van der Waals surface area contributed by atoms with E-state index in [0.717, 1.165) is 18.8 Å². The van der Waals surface area contributed by atoms with E-state index in [-0.39, 0.29) is 22.6 Å². The van der Waals surface area contributed by atoms with Crippen LogP contribution in [0.2, 0.25) is 0 Å². The molecular weight excluding hydrogens is 400 g/mol. The summed E-state index contributed by atoms with van der Waals surface area (Å²) in [6.07, 6.45) is 7.17. The fourth-order valence-corrected chi connectivity index (χ4v) is 7.44. The Morgan fingerprint density at radius 2 is 1.80 bits per heavy atom. The highest BCUT2D eigenvalue weighted by molar-refractivity contribution is 7.89. The van der Waals surface area contributed by atoms with Crippen LogP contribution < -0.4 is 5.32 Å². The first-order valence-electron chi connectivity index (χ1n) is 11.2. The second kappa shape index (κ2) is 8.42. The second-order valence-electron chi connectivity index (χ2n) is 9.34. The molecule has 4 rings (SSSR count). The zero-order valence-corrected chi connectivity index (χ0v) is 18.7. The predicted octanol–water partition coefficient (Wildman–Crippen LogP) is 3.37. The van der Waals surface area contributed by atoms with Gasteiger partial charge in [0, 0.05) is 18.2 Å². The molecule has 0 spiro atoms. The Bertz CT molecular complexity index is 912. The summed E-state index contributed by atoms with van der Waals surface area (Å²) in [5.74, 6) is 1.75. The Morgan fingerprint density at radius 1 is 1.07 bits per heavy atom. The lowest BCUT2D eigenvalue weighted by Crippen LogP contribution is -2.54. The van der Waals surface area contributed by atoms with Gasteiger partial charge in [0.2, 0.25) is 15.9 Å². The number of hydrogen-bond acceptors (Lipinski definition) is 4. The predicted molar refractivity (Wildman–Crippen MR) is 115 cm³/mol. The van der Waals surface area contributed by atoms with Crippen molar-refractivity contribution in [2.75, 3.05) is 6.54 Å². The van der Waals surface area contributed by atoms with Gasteiger partial charge in [-0.25, -0.2) is 8.42 Å². The van der Waals surface area contributed by atoms with Crippen molar-refractivity contribution in [2.24, 2.45) is 17.8 Å². The van der Waals surface area contributed by atoms with Crippen LogP contribution in [0.1, 0.15) is 69.2 Å². The number of piperidine rings is 1. The van der Waals surface area contributed by atoms with Gasteiger partial charge >= 0.3 is 0 Å². The zero-order chi connectivity index (χ0) is 21.5. The van der Waals surface area contributed by atoms with E-state index in [4.69, 9.17) is 0 Å². The number of benzene rings is 1. The van der Waals surface area contributed by atoms with Crippen LogP contribution in [-0.4, -0.2) is 43.0 Å². The van der Waals surface area contributed by atoms with Crippen LogP contribution in [0.5, 0.6) is 0 Å². The van der Waals surface area contributed by atoms with Crippen molar-refractivity contribution in [3.63, 3.8) is 0 Å². The molecule has 6 nitrogen and oxygen atoms in total. The minimum absolute atomic E-state index is 0.0779. The maximum atomic E-state index is 13.3. The van der Waals surface area contributed by atoms with Crippen molar-refractivity contribution in [3.05, 3.63) is 29.8 Å². The van der Waals surface area contributed by atoms with Gasteiger partial charge in [-0.3, -0.25) is 9.59 Å². The standard InChI is InChI=1S/C23H32N2O4S/c1-15(21-14-17-6-7-19(21)13-17)24-23(27)22-5-3-4-12-25(22)30(28,29)20-10-8-18(9-11-20)16(2)26/h8-11,15,17,19,21-22H,3-7,12-14H2,1-2H3,(H,24,27). The lowest BCUT2D eigenvalue weighted by atomic mass is 9.84. The largest absolute Gasteiger partial charge is 0.352 e. The molecule has 1 saturated heterocycles. The number of carbonyl (C=O) groups is 2. The summed E-state index contributed by atoms with van der Waals surface area (Å²) in [7, 11) is -3.80. The normalized spacial score (nSPS) is 30.2. The molecule has 1 aliphatic heterocycles. The maximum Gasteiger partial charge on any atom is 0.243 e. The Morgan fingerprint density at radius 3 is 2.40 bits per heavy atom. The van der Waals surface area contributed by atoms with Crippen molar-refractivity contribution in [2.45, 2.75) is 75.8 Å². The van der Waals surface area contributed by atoms with Gasteiger partial charge < -0.3 is 5.32 Å². The molecule has 7 heteroatoms. The molecule has 2 aliphatic carbocycles. The van der Waals surface area contributed by atoms with Gasteiger partial charge in [0.15, 0.2) is 5.78 Å². The number of nitrogens with one attached hydrogen (secondary N) is 1. The molecule has 0 radical (unpaired) electrons. The highest BCUT2D eigenvalue weighted by Crippen LogP contribution is 2.49. The van der Waals surface area contributed by atoms with E-state index in [1.54, 1.807) is 0 Å². The summed E-state index contributed by atoms with van der Waals surface area (Å²) in [5, 5.41) is 3.16. The number of sulfonamides is 1. The number of ketones is 1. The Labute approximate surface area is 179 Å². The van der Waals surface area contributed by atoms with Gasteiger partial charge in [-0.05, 0) is 75.8 Å². The summed E-state index contributed by atoms with van der Waals surface area (Å²) >= 11 is 0. The topological polar surface area (TPSA) is 83.6 Å². The summed E-state index contributed by atoms with van der Waals surface area (Å²) < 4.78 is 27.9. The maximum absolute atomic E-state index is 13.3. The van der Waals surface area contributed by atoms with Crippen molar-refractivity contribution in [3.8, 4) is 0 Å². The summed E-state index contributed by atoms with van der Waals surface area (Å²) in [5.41, 5.74) is 0.474. The molecular formula is C23H32N2O4S. The van der Waals surface area contributed by atoms with E-state index in [1.165, 1.54) is 61.2 Å². The number of fused-ring (bicyclic) bond motifs is 2. The van der Waals surface area contributed by atoms with Crippen molar-refractivity contribution in [1.82, 2.24) is 9.62 Å². The molecule has 5 unspecified atom stereocenters. The van der Waals surface area contributed by atoms with E-state index in [1.807, 2.05) is 0 Å². The van der Waals surface area contributed by atoms with Gasteiger partial charge in [0.1, 0.15) is 6.04 Å². The molecule has 2 saturated carbocycles. The van der Waals surface area contributed by atoms with Crippen LogP contribution in [0, 0.1) is 17.8 Å². The molecule has 2 bridgehead atoms. The van der Waals surface area contributed by atoms with Crippen LogP contribution in [0.15, 0.2) is 29.2 Å². The number of nitrogens with zero attached hydrogens (tertiary/aromatic N) is 1. The van der Waals surface area contributed by atoms with Gasteiger partial charge in [-0.2, -0.15) is 4.31 Å². The van der Waals surface area contributed by atoms with E-state index >= 15 is 0 Å². The fourth-order valence-electron chi connectivity index (χ4n) is 5.79. The van der Waals surface area contributed by atoms with E-state index in [9.17, 15) is 18.0 Å². The lowest BCUT2D eigenvalue weighted by Gasteiger charge is -2.36. The number of carbonyl (C=O) groups excluding carboxylic acids is 2. The number of hydrogen-bond donors (Lipinski definition) is 1. The fraction of sp³-hybridized carbons (Fsp3) is 0.652. The summed E-state index contributed by atoms with van der Waals surface area (Å²) in [4.78, 5) is 24.8. The monoisotopic (exact) mass is 432 g/mol. The Kier molecular flexibility index (Phi) is 6.04. The number of rotatable bonds is 6. The SMILES string of the molecule is CC(=O)c1ccc(S(=O)(=O)N2CCCCC2C(=O)NC(C)C2CC3CCC2C3)cc1. The number of amides is 1. The quantitative estimate of drug-likeness (QED) is 0.699. The van der Waals surface area contributed by atoms with Crippen LogP contribution >= 0.6 is 0 Å². The van der Waals surface area contributed by atoms with Crippen LogP contribution in [0.3, 0.4) is 0 Å². The average molecular weight is 433 g/mol. The van der Waals surface area contributed by atoms with Crippen molar-refractivity contribution < 1.29 is 18.0 Å². The highest BCUT2D eigenvalue weighted by Gasteiger charge is 2.43. The molecule has 0 aromatic heterocycles. The first-order chi connectivity index (χ1) is 14.3. The molecule has 1 aromatic rings. The zero-order valence-electron chi connectivity index (χ0n) is 17.8. The molecule has 1 aromatic carbocycles. The number of Topliss-reactive ketones (excluding diaryl/α,β-unsaturated/α-hetero) is 1. The first-order valence-corrected chi connectivity index (χ1v) is 12.6. The molecule has 164 valence electrons. The molecule has 3 aliphatic rings. The third-order valence-corrected chi connectivity index (χ3v) is 9.35. The Balaban J connectivity index is 1.49. The Hall–Kier alpha value is -1.73. The van der Waals surface area contributed by atoms with Crippen LogP contribution in [-0.2, 0) is 14.8 Å². The van der Waals surface area contributed by atoms with E-state index in [2.05, 4.69) is 12.2 Å². The third kappa shape index (κ3) is 4.06. The minimum atomic E-state index is -3.80. The van der Waals surface area contributed by atoms with Gasteiger partial charge in [-0.15, -0.1) is 0 Å². The smallest absolute Gasteiger partial charge is 0.243 e. The van der Waals surface area contributed by atoms with E-state index in [0.29, 0.717) is 30.4 Å². The van der Waals surface area contributed by atoms with Crippen LogP contribution in [0.4, 0.5) is 0 Å². The third-order valence-electron chi connectivity index (χ3n) is 7.43. The summed E-state index contributed by atoms with van der Waals surface area (Å²) in [6.45, 7) is 3.87. The van der Waals surface area contributed by atoms with Crippen molar-refractivity contribution in [1.29, 1.82) is 0 Å². The first kappa shape index (κ1) is 21.5. The van der Waals surface area contributed by atoms with E-state index < -0.39 is 16.1 Å². The van der Waals surface area contributed by atoms with Gasteiger partial charge in [-0.1, -0.05) is 25.0 Å². The summed E-state index contributed by atoms with van der Waals surface area (Å²) in [6, 6.07) is 5.41. The molecule has 1 N–H and O–H groups in total. The highest BCUT2D eigenvalue weighted by atomic mass is 32.2. The second-order valence-corrected chi connectivity index (χ2v) is 11.2. The molecule has 1 amide bonds. The van der Waals surface area contributed by atoms with Crippen LogP contribution in [0.25, 0.3) is 0 Å². The molecule has 1 heterocycles. The van der Waals surface area contributed by atoms with Crippen molar-refractivity contribution >= 4 is 21.7 Å².